The van der Waals surface area contributed by atoms with Crippen LogP contribution in [-0.2, 0) is 0 Å². The highest BCUT2D eigenvalue weighted by atomic mass is 28.3. The van der Waals surface area contributed by atoms with Crippen molar-refractivity contribution in [2.45, 2.75) is 46.1 Å². The minimum absolute atomic E-state index is 0.0326. The molecule has 0 saturated carbocycles. The van der Waals surface area contributed by atoms with Crippen LogP contribution in [0, 0.1) is 0 Å². The predicted molar refractivity (Wildman–Crippen MR) is 257 cm³/mol. The smallest absolute Gasteiger partial charge is 0.179 e. The molecule has 0 fully saturated rings. The lowest BCUT2D eigenvalue weighted by Crippen LogP contribution is -2.74. The molecule has 0 bridgehead atoms. The first-order valence-electron chi connectivity index (χ1n) is 21.2. The summed E-state index contributed by atoms with van der Waals surface area (Å²) >= 11 is 0. The van der Waals surface area contributed by atoms with Gasteiger partial charge in [0.05, 0.1) is 29.1 Å². The summed E-state index contributed by atoms with van der Waals surface area (Å²) in [4.78, 5) is 10.1. The van der Waals surface area contributed by atoms with Gasteiger partial charge in [-0.25, -0.2) is 4.98 Å². The number of rotatable bonds is 8. The fourth-order valence-corrected chi connectivity index (χ4v) is 14.5. The van der Waals surface area contributed by atoms with E-state index in [1.807, 2.05) is 6.20 Å². The maximum absolute atomic E-state index is 5.11. The molecule has 0 saturated heterocycles. The fraction of sp³-hybridized carbons (Fsp3) is 0.145. The Kier molecular flexibility index (Phi) is 9.30. The van der Waals surface area contributed by atoms with Gasteiger partial charge in [0, 0.05) is 28.2 Å². The number of aromatic nitrogens is 2. The Balaban J connectivity index is 1.23. The van der Waals surface area contributed by atoms with Crippen LogP contribution in [0.5, 0.6) is 0 Å². The SMILES string of the molecule is CC(C)c1ccccc1-c1ccnc(-n2c3ccccc3c3ccc([Si](c4ccccc4)(c4ccccc4)c4cccc(N5CN(C(C)(C)C)c6ccccc65)c4)cc32)c1. The van der Waals surface area contributed by atoms with Crippen LogP contribution in [0.4, 0.5) is 17.1 Å². The number of hydrogen-bond acceptors (Lipinski definition) is 3. The third-order valence-electron chi connectivity index (χ3n) is 12.5. The number of benzene rings is 7. The van der Waals surface area contributed by atoms with E-state index in [2.05, 4.69) is 237 Å². The molecule has 10 rings (SSSR count). The first kappa shape index (κ1) is 37.6. The second-order valence-corrected chi connectivity index (χ2v) is 21.2. The molecule has 0 unspecified atom stereocenters. The minimum atomic E-state index is -2.98. The summed E-state index contributed by atoms with van der Waals surface area (Å²) in [6, 6.07) is 70.1. The summed E-state index contributed by atoms with van der Waals surface area (Å²) in [5.41, 5.74) is 9.76. The zero-order valence-electron chi connectivity index (χ0n) is 35.0. The van der Waals surface area contributed by atoms with E-state index in [0.29, 0.717) is 5.92 Å². The van der Waals surface area contributed by atoms with Crippen LogP contribution in [-0.4, -0.2) is 29.8 Å². The Morgan fingerprint density at radius 1 is 0.533 bits per heavy atom. The van der Waals surface area contributed by atoms with Crippen molar-refractivity contribution in [2.24, 2.45) is 0 Å². The van der Waals surface area contributed by atoms with E-state index >= 15 is 0 Å². The molecule has 294 valence electrons. The van der Waals surface area contributed by atoms with Gasteiger partial charge in [0.25, 0.3) is 0 Å². The Labute approximate surface area is 355 Å². The molecule has 0 atom stereocenters. The monoisotopic (exact) mass is 794 g/mol. The van der Waals surface area contributed by atoms with Crippen LogP contribution in [0.1, 0.15) is 46.1 Å². The van der Waals surface area contributed by atoms with Gasteiger partial charge in [-0.3, -0.25) is 4.57 Å². The highest BCUT2D eigenvalue weighted by Gasteiger charge is 2.43. The molecule has 0 N–H and O–H groups in total. The lowest BCUT2D eigenvalue weighted by atomic mass is 9.93. The number of para-hydroxylation sites is 3. The van der Waals surface area contributed by atoms with Crippen LogP contribution in [0.15, 0.2) is 194 Å². The van der Waals surface area contributed by atoms with E-state index in [1.165, 1.54) is 65.3 Å². The number of fused-ring (bicyclic) bond motifs is 4. The summed E-state index contributed by atoms with van der Waals surface area (Å²) in [6.07, 6.45) is 1.97. The molecule has 7 aromatic carbocycles. The maximum Gasteiger partial charge on any atom is 0.179 e. The third kappa shape index (κ3) is 6.15. The normalized spacial score (nSPS) is 13.1. The topological polar surface area (TPSA) is 24.3 Å². The van der Waals surface area contributed by atoms with Crippen molar-refractivity contribution in [1.29, 1.82) is 0 Å². The molecule has 2 aromatic heterocycles. The molecule has 0 amide bonds. The van der Waals surface area contributed by atoms with E-state index in [4.69, 9.17) is 4.98 Å². The fourth-order valence-electron chi connectivity index (χ4n) is 9.71. The minimum Gasteiger partial charge on any atom is -0.347 e. The highest BCUT2D eigenvalue weighted by Crippen LogP contribution is 2.43. The zero-order chi connectivity index (χ0) is 41.0. The van der Waals surface area contributed by atoms with Crippen molar-refractivity contribution in [1.82, 2.24) is 9.55 Å². The van der Waals surface area contributed by atoms with Crippen LogP contribution in [0.2, 0.25) is 0 Å². The maximum atomic E-state index is 5.11. The summed E-state index contributed by atoms with van der Waals surface area (Å²) in [7, 11) is -2.98. The molecule has 0 spiro atoms. The van der Waals surface area contributed by atoms with Crippen molar-refractivity contribution in [3.05, 3.63) is 200 Å². The summed E-state index contributed by atoms with van der Waals surface area (Å²) < 4.78 is 2.39. The molecule has 60 heavy (non-hydrogen) atoms. The van der Waals surface area contributed by atoms with Gasteiger partial charge in [-0.1, -0.05) is 153 Å². The number of anilines is 3. The Bertz CT molecular complexity index is 2960. The Morgan fingerprint density at radius 2 is 1.15 bits per heavy atom. The number of nitrogens with zero attached hydrogens (tertiary/aromatic N) is 4. The van der Waals surface area contributed by atoms with Crippen molar-refractivity contribution in [3.63, 3.8) is 0 Å². The van der Waals surface area contributed by atoms with E-state index < -0.39 is 8.07 Å². The largest absolute Gasteiger partial charge is 0.347 e. The third-order valence-corrected chi connectivity index (χ3v) is 17.3. The van der Waals surface area contributed by atoms with E-state index in [9.17, 15) is 0 Å². The van der Waals surface area contributed by atoms with Gasteiger partial charge >= 0.3 is 0 Å². The van der Waals surface area contributed by atoms with Gasteiger partial charge in [-0.15, -0.1) is 0 Å². The van der Waals surface area contributed by atoms with E-state index in [1.54, 1.807) is 0 Å². The first-order chi connectivity index (χ1) is 29.2. The molecule has 1 aliphatic rings. The summed E-state index contributed by atoms with van der Waals surface area (Å²) in [5, 5.41) is 7.80. The summed E-state index contributed by atoms with van der Waals surface area (Å²) in [6.45, 7) is 12.2. The standard InChI is InChI=1S/C55H50N4Si/c1-39(2)46-25-12-13-26-47(46)40-33-34-56-54(35-40)59-50-28-15-14-27-48(50)49-32-31-45(37-53(49)59)60(42-20-8-6-9-21-42,43-22-10-7-11-23-43)44-24-18-19-41(36-44)57-38-58(55(3,4)5)52-30-17-16-29-51(52)57/h6-37,39H,38H2,1-5H3. The van der Waals surface area contributed by atoms with Crippen molar-refractivity contribution in [2.75, 3.05) is 16.5 Å². The summed E-state index contributed by atoms with van der Waals surface area (Å²) in [5.74, 6) is 1.32. The van der Waals surface area contributed by atoms with Gasteiger partial charge in [-0.05, 0) is 113 Å². The second-order valence-electron chi connectivity index (χ2n) is 17.4. The van der Waals surface area contributed by atoms with Crippen LogP contribution in [0.25, 0.3) is 38.8 Å². The lowest BCUT2D eigenvalue weighted by molar-refractivity contribution is 0.518. The Hall–Kier alpha value is -6.69. The van der Waals surface area contributed by atoms with Gasteiger partial charge in [-0.2, -0.15) is 0 Å². The molecule has 0 radical (unpaired) electrons. The second kappa shape index (κ2) is 14.8. The number of hydrogen-bond donors (Lipinski definition) is 0. The average molecular weight is 795 g/mol. The van der Waals surface area contributed by atoms with Crippen molar-refractivity contribution >= 4 is 67.7 Å². The molecule has 9 aromatic rings. The molecule has 1 aliphatic heterocycles. The van der Waals surface area contributed by atoms with E-state index in [-0.39, 0.29) is 5.54 Å². The molecule has 4 nitrogen and oxygen atoms in total. The molecule has 0 aliphatic carbocycles. The molecule has 3 heterocycles. The van der Waals surface area contributed by atoms with Crippen LogP contribution < -0.4 is 30.5 Å². The number of pyridine rings is 1. The van der Waals surface area contributed by atoms with Gasteiger partial charge in [0.1, 0.15) is 5.82 Å². The zero-order valence-corrected chi connectivity index (χ0v) is 36.0. The van der Waals surface area contributed by atoms with Gasteiger partial charge in [0.2, 0.25) is 0 Å². The van der Waals surface area contributed by atoms with Crippen molar-refractivity contribution < 1.29 is 0 Å². The molecular weight excluding hydrogens is 745 g/mol. The quantitative estimate of drug-likeness (QED) is 0.113. The predicted octanol–water partition coefficient (Wildman–Crippen LogP) is 11.1. The van der Waals surface area contributed by atoms with Crippen LogP contribution >= 0.6 is 0 Å². The molecule has 5 heteroatoms. The lowest BCUT2D eigenvalue weighted by Gasteiger charge is -2.36. The Morgan fingerprint density at radius 3 is 1.88 bits per heavy atom. The van der Waals surface area contributed by atoms with Crippen LogP contribution in [0.3, 0.4) is 0 Å². The van der Waals surface area contributed by atoms with Gasteiger partial charge < -0.3 is 9.80 Å². The van der Waals surface area contributed by atoms with Crippen molar-refractivity contribution in [3.8, 4) is 16.9 Å². The first-order valence-corrected chi connectivity index (χ1v) is 23.2. The average Bonchev–Trinajstić information content (AvgIpc) is 3.85. The highest BCUT2D eigenvalue weighted by molar-refractivity contribution is 7.20. The van der Waals surface area contributed by atoms with Gasteiger partial charge in [0.15, 0.2) is 8.07 Å². The van der Waals surface area contributed by atoms with E-state index in [0.717, 1.165) is 23.5 Å². The molecular formula is C55H50N4Si.